The number of aromatic nitrogens is 1. The Hall–Kier alpha value is -2.71. The molecule has 0 atom stereocenters. The SMILES string of the molecule is Cc1ccc(-c2nc(CCNC(=O)Nc3cc(S(C)(=O)=O)ccc3C)cs2)cc1. The fourth-order valence-electron chi connectivity index (χ4n) is 2.69. The highest BCUT2D eigenvalue weighted by atomic mass is 32.2. The third kappa shape index (κ3) is 5.65. The van der Waals surface area contributed by atoms with Crippen LogP contribution in [0.5, 0.6) is 0 Å². The third-order valence-electron chi connectivity index (χ3n) is 4.40. The maximum Gasteiger partial charge on any atom is 0.319 e. The Labute approximate surface area is 174 Å². The van der Waals surface area contributed by atoms with E-state index in [1.165, 1.54) is 17.7 Å². The van der Waals surface area contributed by atoms with Crippen molar-refractivity contribution in [2.75, 3.05) is 18.1 Å². The lowest BCUT2D eigenvalue weighted by Crippen LogP contribution is -2.30. The first kappa shape index (κ1) is 21.0. The van der Waals surface area contributed by atoms with E-state index < -0.39 is 9.84 Å². The molecule has 152 valence electrons. The second-order valence-electron chi connectivity index (χ2n) is 6.89. The summed E-state index contributed by atoms with van der Waals surface area (Å²) in [5.74, 6) is 0. The van der Waals surface area contributed by atoms with Crippen LogP contribution in [0, 0.1) is 13.8 Å². The van der Waals surface area contributed by atoms with Crippen LogP contribution < -0.4 is 10.6 Å². The molecule has 0 fully saturated rings. The van der Waals surface area contributed by atoms with Gasteiger partial charge in [-0.1, -0.05) is 35.9 Å². The van der Waals surface area contributed by atoms with Crippen molar-refractivity contribution in [3.8, 4) is 10.6 Å². The van der Waals surface area contributed by atoms with Crippen LogP contribution in [0.25, 0.3) is 10.6 Å². The first-order chi connectivity index (χ1) is 13.7. The molecule has 0 bridgehead atoms. The fraction of sp³-hybridized carbons (Fsp3) is 0.238. The van der Waals surface area contributed by atoms with Crippen molar-refractivity contribution < 1.29 is 13.2 Å². The van der Waals surface area contributed by atoms with Crippen molar-refractivity contribution in [2.24, 2.45) is 0 Å². The first-order valence-corrected chi connectivity index (χ1v) is 11.9. The Morgan fingerprint density at radius 1 is 1.10 bits per heavy atom. The van der Waals surface area contributed by atoms with Gasteiger partial charge in [0.2, 0.25) is 0 Å². The number of benzene rings is 2. The normalized spacial score (nSPS) is 11.3. The van der Waals surface area contributed by atoms with E-state index in [4.69, 9.17) is 0 Å². The van der Waals surface area contributed by atoms with Gasteiger partial charge in [-0.25, -0.2) is 18.2 Å². The zero-order valence-electron chi connectivity index (χ0n) is 16.5. The van der Waals surface area contributed by atoms with Crippen LogP contribution in [0.3, 0.4) is 0 Å². The highest BCUT2D eigenvalue weighted by molar-refractivity contribution is 7.90. The van der Waals surface area contributed by atoms with E-state index in [-0.39, 0.29) is 10.9 Å². The number of nitrogens with zero attached hydrogens (tertiary/aromatic N) is 1. The van der Waals surface area contributed by atoms with Crippen molar-refractivity contribution in [3.05, 3.63) is 64.7 Å². The summed E-state index contributed by atoms with van der Waals surface area (Å²) in [7, 11) is -3.33. The summed E-state index contributed by atoms with van der Waals surface area (Å²) in [6, 6.07) is 12.5. The molecule has 0 unspecified atom stereocenters. The van der Waals surface area contributed by atoms with Crippen LogP contribution in [-0.2, 0) is 16.3 Å². The van der Waals surface area contributed by atoms with Gasteiger partial charge in [-0.2, -0.15) is 0 Å². The van der Waals surface area contributed by atoms with Gasteiger partial charge < -0.3 is 10.6 Å². The quantitative estimate of drug-likeness (QED) is 0.615. The van der Waals surface area contributed by atoms with Gasteiger partial charge in [-0.3, -0.25) is 0 Å². The Bertz CT molecular complexity index is 1120. The zero-order valence-corrected chi connectivity index (χ0v) is 18.2. The zero-order chi connectivity index (χ0) is 21.0. The lowest BCUT2D eigenvalue weighted by atomic mass is 10.2. The average Bonchev–Trinajstić information content (AvgIpc) is 3.12. The number of anilines is 1. The second kappa shape index (κ2) is 8.75. The topological polar surface area (TPSA) is 88.2 Å². The number of sulfone groups is 1. The maximum atomic E-state index is 12.2. The van der Waals surface area contributed by atoms with E-state index in [0.29, 0.717) is 18.7 Å². The van der Waals surface area contributed by atoms with Crippen LogP contribution >= 0.6 is 11.3 Å². The summed E-state index contributed by atoms with van der Waals surface area (Å²) >= 11 is 1.58. The average molecular weight is 430 g/mol. The van der Waals surface area contributed by atoms with Gasteiger partial charge in [0.25, 0.3) is 0 Å². The second-order valence-corrected chi connectivity index (χ2v) is 9.76. The number of aryl methyl sites for hydroxylation is 2. The predicted molar refractivity (Wildman–Crippen MR) is 117 cm³/mol. The van der Waals surface area contributed by atoms with E-state index in [2.05, 4.69) is 39.9 Å². The molecule has 2 N–H and O–H groups in total. The van der Waals surface area contributed by atoms with Crippen molar-refractivity contribution in [3.63, 3.8) is 0 Å². The molecule has 0 aliphatic rings. The van der Waals surface area contributed by atoms with Gasteiger partial charge in [-0.05, 0) is 31.5 Å². The Balaban J connectivity index is 1.55. The molecule has 2 amide bonds. The number of amides is 2. The lowest BCUT2D eigenvalue weighted by molar-refractivity contribution is 0.252. The van der Waals surface area contributed by atoms with E-state index >= 15 is 0 Å². The van der Waals surface area contributed by atoms with Crippen LogP contribution in [0.15, 0.2) is 52.7 Å². The number of carbonyl (C=O) groups excluding carboxylic acids is 1. The minimum atomic E-state index is -3.33. The van der Waals surface area contributed by atoms with E-state index in [1.807, 2.05) is 19.2 Å². The van der Waals surface area contributed by atoms with Gasteiger partial charge in [0.15, 0.2) is 9.84 Å². The number of thiazole rings is 1. The smallest absolute Gasteiger partial charge is 0.319 e. The van der Waals surface area contributed by atoms with Crippen LogP contribution in [0.2, 0.25) is 0 Å². The highest BCUT2D eigenvalue weighted by Crippen LogP contribution is 2.24. The van der Waals surface area contributed by atoms with Crippen LogP contribution in [0.1, 0.15) is 16.8 Å². The lowest BCUT2D eigenvalue weighted by Gasteiger charge is -2.11. The molecule has 0 saturated carbocycles. The Kier molecular flexibility index (Phi) is 6.34. The number of carbonyl (C=O) groups is 1. The number of urea groups is 1. The molecule has 0 spiro atoms. The van der Waals surface area contributed by atoms with Crippen molar-refractivity contribution in [2.45, 2.75) is 25.2 Å². The molecule has 1 aromatic heterocycles. The van der Waals surface area contributed by atoms with Gasteiger partial charge in [0, 0.05) is 35.9 Å². The van der Waals surface area contributed by atoms with E-state index in [0.717, 1.165) is 28.1 Å². The van der Waals surface area contributed by atoms with Gasteiger partial charge in [0.1, 0.15) is 5.01 Å². The van der Waals surface area contributed by atoms with Crippen LogP contribution in [-0.4, -0.2) is 32.2 Å². The number of nitrogens with one attached hydrogen (secondary N) is 2. The monoisotopic (exact) mass is 429 g/mol. The standard InChI is InChI=1S/C21H23N3O3S2/c1-14-4-7-16(8-5-14)20-23-17(13-28-20)10-11-22-21(25)24-19-12-18(29(3,26)27)9-6-15(19)2/h4-9,12-13H,10-11H2,1-3H3,(H2,22,24,25). The molecule has 0 aliphatic heterocycles. The van der Waals surface area contributed by atoms with E-state index in [1.54, 1.807) is 17.4 Å². The molecule has 6 nitrogen and oxygen atoms in total. The van der Waals surface area contributed by atoms with Gasteiger partial charge >= 0.3 is 6.03 Å². The minimum Gasteiger partial charge on any atom is -0.337 e. The highest BCUT2D eigenvalue weighted by Gasteiger charge is 2.11. The molecular weight excluding hydrogens is 406 g/mol. The number of hydrogen-bond acceptors (Lipinski definition) is 5. The summed E-state index contributed by atoms with van der Waals surface area (Å²) in [6.45, 7) is 4.28. The largest absolute Gasteiger partial charge is 0.337 e. The summed E-state index contributed by atoms with van der Waals surface area (Å²) in [5, 5.41) is 8.45. The molecule has 29 heavy (non-hydrogen) atoms. The summed E-state index contributed by atoms with van der Waals surface area (Å²) < 4.78 is 23.4. The Morgan fingerprint density at radius 3 is 2.52 bits per heavy atom. The summed E-state index contributed by atoms with van der Waals surface area (Å²) in [5.41, 5.74) is 4.47. The third-order valence-corrected chi connectivity index (χ3v) is 6.45. The number of rotatable bonds is 6. The first-order valence-electron chi connectivity index (χ1n) is 9.09. The maximum absolute atomic E-state index is 12.2. The van der Waals surface area contributed by atoms with Crippen molar-refractivity contribution in [1.82, 2.24) is 10.3 Å². The molecule has 0 aliphatic carbocycles. The molecule has 1 heterocycles. The molecular formula is C21H23N3O3S2. The molecule has 0 saturated heterocycles. The predicted octanol–water partition coefficient (Wildman–Crippen LogP) is 4.19. The van der Waals surface area contributed by atoms with Crippen LogP contribution in [0.4, 0.5) is 10.5 Å². The molecule has 0 radical (unpaired) electrons. The van der Waals surface area contributed by atoms with Gasteiger partial charge in [-0.15, -0.1) is 11.3 Å². The molecule has 3 aromatic rings. The number of hydrogen-bond donors (Lipinski definition) is 2. The summed E-state index contributed by atoms with van der Waals surface area (Å²) in [6.07, 6.45) is 1.75. The molecule has 8 heteroatoms. The Morgan fingerprint density at radius 2 is 1.83 bits per heavy atom. The van der Waals surface area contributed by atoms with Crippen molar-refractivity contribution >= 4 is 32.9 Å². The molecule has 3 rings (SSSR count). The minimum absolute atomic E-state index is 0.171. The fourth-order valence-corrected chi connectivity index (χ4v) is 4.20. The van der Waals surface area contributed by atoms with E-state index in [9.17, 15) is 13.2 Å². The van der Waals surface area contributed by atoms with Crippen molar-refractivity contribution in [1.29, 1.82) is 0 Å². The molecule has 2 aromatic carbocycles. The summed E-state index contributed by atoms with van der Waals surface area (Å²) in [4.78, 5) is 17.0. The van der Waals surface area contributed by atoms with Gasteiger partial charge in [0.05, 0.1) is 10.6 Å².